The highest BCUT2D eigenvalue weighted by atomic mass is 35.5. The van der Waals surface area contributed by atoms with Crippen molar-refractivity contribution in [2.75, 3.05) is 16.2 Å². The predicted octanol–water partition coefficient (Wildman–Crippen LogP) is 4.08. The molecule has 1 N–H and O–H groups in total. The number of halogens is 1. The van der Waals surface area contributed by atoms with E-state index in [2.05, 4.69) is 4.72 Å². The van der Waals surface area contributed by atoms with Crippen LogP contribution in [0.1, 0.15) is 26.3 Å². The van der Waals surface area contributed by atoms with Crippen molar-refractivity contribution in [3.63, 3.8) is 0 Å². The van der Waals surface area contributed by atoms with Gasteiger partial charge < -0.3 is 4.90 Å². The van der Waals surface area contributed by atoms with E-state index in [1.165, 1.54) is 24.3 Å². The highest BCUT2D eigenvalue weighted by Gasteiger charge is 2.32. The number of carbonyl (C=O) groups excluding carboxylic acids is 1. The standard InChI is InChI=1S/C19H21ClN2O3S/c1-19(2,3)18(23)22-11-10-13-4-7-15(12-17(13)22)21-26(24,25)16-8-5-14(20)6-9-16/h4-9,12,21H,10-11H2,1-3H3. The molecule has 0 aliphatic carbocycles. The molecule has 5 nitrogen and oxygen atoms in total. The lowest BCUT2D eigenvalue weighted by molar-refractivity contribution is -0.125. The maximum absolute atomic E-state index is 12.7. The van der Waals surface area contributed by atoms with Crippen molar-refractivity contribution in [3.05, 3.63) is 53.1 Å². The summed E-state index contributed by atoms with van der Waals surface area (Å²) in [6.45, 7) is 6.24. The van der Waals surface area contributed by atoms with E-state index in [0.717, 1.165) is 17.7 Å². The van der Waals surface area contributed by atoms with Crippen LogP contribution in [0.5, 0.6) is 0 Å². The fraction of sp³-hybridized carbons (Fsp3) is 0.316. The van der Waals surface area contributed by atoms with Crippen LogP contribution in [-0.4, -0.2) is 20.9 Å². The zero-order valence-corrected chi connectivity index (χ0v) is 16.5. The first-order valence-corrected chi connectivity index (χ1v) is 10.2. The van der Waals surface area contributed by atoms with E-state index in [-0.39, 0.29) is 10.8 Å². The van der Waals surface area contributed by atoms with Crippen molar-refractivity contribution < 1.29 is 13.2 Å². The zero-order chi connectivity index (χ0) is 19.1. The van der Waals surface area contributed by atoms with Crippen molar-refractivity contribution in [2.45, 2.75) is 32.1 Å². The molecule has 0 atom stereocenters. The van der Waals surface area contributed by atoms with Crippen LogP contribution in [0.3, 0.4) is 0 Å². The van der Waals surface area contributed by atoms with E-state index >= 15 is 0 Å². The predicted molar refractivity (Wildman–Crippen MR) is 104 cm³/mol. The van der Waals surface area contributed by atoms with Crippen LogP contribution in [0.25, 0.3) is 0 Å². The first-order chi connectivity index (χ1) is 12.1. The Balaban J connectivity index is 1.90. The van der Waals surface area contributed by atoms with E-state index < -0.39 is 15.4 Å². The van der Waals surface area contributed by atoms with Crippen LogP contribution in [-0.2, 0) is 21.2 Å². The van der Waals surface area contributed by atoms with Crippen molar-refractivity contribution in [1.29, 1.82) is 0 Å². The molecule has 0 saturated carbocycles. The summed E-state index contributed by atoms with van der Waals surface area (Å²) in [6.07, 6.45) is 0.765. The van der Waals surface area contributed by atoms with Crippen molar-refractivity contribution in [3.8, 4) is 0 Å². The molecule has 0 radical (unpaired) electrons. The minimum absolute atomic E-state index is 0.0222. The Labute approximate surface area is 159 Å². The fourth-order valence-corrected chi connectivity index (χ4v) is 4.06. The number of carbonyl (C=O) groups is 1. The minimum Gasteiger partial charge on any atom is -0.311 e. The second-order valence-electron chi connectivity index (χ2n) is 7.36. The largest absolute Gasteiger partial charge is 0.311 e. The third-order valence-electron chi connectivity index (χ3n) is 4.24. The third kappa shape index (κ3) is 3.71. The van der Waals surface area contributed by atoms with Gasteiger partial charge in [-0.15, -0.1) is 0 Å². The number of sulfonamides is 1. The molecule has 1 amide bonds. The quantitative estimate of drug-likeness (QED) is 0.855. The van der Waals surface area contributed by atoms with Gasteiger partial charge in [0.2, 0.25) is 5.91 Å². The molecule has 2 aromatic carbocycles. The van der Waals surface area contributed by atoms with Crippen LogP contribution in [0.2, 0.25) is 5.02 Å². The first-order valence-electron chi connectivity index (χ1n) is 8.31. The summed E-state index contributed by atoms with van der Waals surface area (Å²) in [4.78, 5) is 14.5. The molecule has 0 spiro atoms. The van der Waals surface area contributed by atoms with Gasteiger partial charge in [0, 0.05) is 22.7 Å². The molecular weight excluding hydrogens is 372 g/mol. The molecule has 3 rings (SSSR count). The topological polar surface area (TPSA) is 66.5 Å². The van der Waals surface area contributed by atoms with Crippen LogP contribution < -0.4 is 9.62 Å². The van der Waals surface area contributed by atoms with Crippen molar-refractivity contribution in [2.24, 2.45) is 5.41 Å². The summed E-state index contributed by atoms with van der Waals surface area (Å²) in [5.74, 6) is 0.0222. The van der Waals surface area contributed by atoms with Crippen LogP contribution >= 0.6 is 11.6 Å². The Kier molecular flexibility index (Phi) is 4.75. The molecule has 7 heteroatoms. The Hall–Kier alpha value is -2.05. The summed E-state index contributed by atoms with van der Waals surface area (Å²) in [7, 11) is -3.73. The number of anilines is 2. The number of hydrogen-bond donors (Lipinski definition) is 1. The molecule has 0 unspecified atom stereocenters. The van der Waals surface area contributed by atoms with Gasteiger partial charge in [-0.1, -0.05) is 38.4 Å². The molecule has 2 aromatic rings. The second-order valence-corrected chi connectivity index (χ2v) is 9.48. The smallest absolute Gasteiger partial charge is 0.261 e. The first kappa shape index (κ1) is 18.7. The Bertz CT molecular complexity index is 948. The number of rotatable bonds is 3. The third-order valence-corrected chi connectivity index (χ3v) is 5.89. The van der Waals surface area contributed by atoms with Gasteiger partial charge in [-0.05, 0) is 48.4 Å². The maximum Gasteiger partial charge on any atom is 0.261 e. The van der Waals surface area contributed by atoms with Gasteiger partial charge in [0.05, 0.1) is 10.6 Å². The number of hydrogen-bond acceptors (Lipinski definition) is 3. The number of benzene rings is 2. The minimum atomic E-state index is -3.73. The lowest BCUT2D eigenvalue weighted by Gasteiger charge is -2.26. The Morgan fingerprint density at radius 1 is 1.12 bits per heavy atom. The molecule has 138 valence electrons. The van der Waals surface area contributed by atoms with Crippen molar-refractivity contribution in [1.82, 2.24) is 0 Å². The van der Waals surface area contributed by atoms with E-state index in [1.807, 2.05) is 26.8 Å². The monoisotopic (exact) mass is 392 g/mol. The lowest BCUT2D eigenvalue weighted by Crippen LogP contribution is -2.38. The SMILES string of the molecule is CC(C)(C)C(=O)N1CCc2ccc(NS(=O)(=O)c3ccc(Cl)cc3)cc21. The molecule has 1 heterocycles. The van der Waals surface area contributed by atoms with Crippen LogP contribution in [0, 0.1) is 5.41 Å². The van der Waals surface area contributed by atoms with Crippen molar-refractivity contribution >= 4 is 38.9 Å². The molecule has 0 saturated heterocycles. The molecular formula is C19H21ClN2O3S. The van der Waals surface area contributed by atoms with E-state index in [9.17, 15) is 13.2 Å². The molecule has 26 heavy (non-hydrogen) atoms. The highest BCUT2D eigenvalue weighted by molar-refractivity contribution is 7.92. The second kappa shape index (κ2) is 6.59. The van der Waals surface area contributed by atoms with Gasteiger partial charge in [0.25, 0.3) is 10.0 Å². The van der Waals surface area contributed by atoms with Gasteiger partial charge in [-0.25, -0.2) is 8.42 Å². The fourth-order valence-electron chi connectivity index (χ4n) is 2.89. The summed E-state index contributed by atoms with van der Waals surface area (Å²) < 4.78 is 27.7. The lowest BCUT2D eigenvalue weighted by atomic mass is 9.94. The average Bonchev–Trinajstić information content (AvgIpc) is 2.96. The molecule has 0 bridgehead atoms. The maximum atomic E-state index is 12.7. The van der Waals surface area contributed by atoms with Gasteiger partial charge in [-0.3, -0.25) is 9.52 Å². The van der Waals surface area contributed by atoms with E-state index in [1.54, 1.807) is 17.0 Å². The average molecular weight is 393 g/mol. The zero-order valence-electron chi connectivity index (χ0n) is 14.9. The van der Waals surface area contributed by atoms with E-state index in [4.69, 9.17) is 11.6 Å². The van der Waals surface area contributed by atoms with Gasteiger partial charge >= 0.3 is 0 Å². The Morgan fingerprint density at radius 2 is 1.77 bits per heavy atom. The molecule has 0 aromatic heterocycles. The summed E-state index contributed by atoms with van der Waals surface area (Å²) in [5, 5.41) is 0.470. The number of nitrogens with zero attached hydrogens (tertiary/aromatic N) is 1. The Morgan fingerprint density at radius 3 is 2.38 bits per heavy atom. The number of fused-ring (bicyclic) bond motifs is 1. The van der Waals surface area contributed by atoms with E-state index in [0.29, 0.717) is 17.3 Å². The van der Waals surface area contributed by atoms with Crippen LogP contribution in [0.4, 0.5) is 11.4 Å². The molecule has 1 aliphatic heterocycles. The molecule has 1 aliphatic rings. The van der Waals surface area contributed by atoms with Gasteiger partial charge in [-0.2, -0.15) is 0 Å². The summed E-state index contributed by atoms with van der Waals surface area (Å²) in [6, 6.07) is 11.3. The number of amides is 1. The summed E-state index contributed by atoms with van der Waals surface area (Å²) in [5.41, 5.74) is 1.73. The highest BCUT2D eigenvalue weighted by Crippen LogP contribution is 2.34. The normalized spacial score (nSPS) is 14.2. The summed E-state index contributed by atoms with van der Waals surface area (Å²) >= 11 is 5.82. The molecule has 0 fully saturated rings. The van der Waals surface area contributed by atoms with Gasteiger partial charge in [0.15, 0.2) is 0 Å². The number of nitrogens with one attached hydrogen (secondary N) is 1. The van der Waals surface area contributed by atoms with Crippen LogP contribution in [0.15, 0.2) is 47.4 Å². The van der Waals surface area contributed by atoms with Gasteiger partial charge in [0.1, 0.15) is 0 Å².